The van der Waals surface area contributed by atoms with Gasteiger partial charge < -0.3 is 14.2 Å². The van der Waals surface area contributed by atoms with Gasteiger partial charge in [0.05, 0.1) is 13.2 Å². The third-order valence-corrected chi connectivity index (χ3v) is 2.71. The van der Waals surface area contributed by atoms with Gasteiger partial charge in [-0.05, 0) is 25.0 Å². The van der Waals surface area contributed by atoms with Crippen LogP contribution in [0.1, 0.15) is 52.4 Å². The van der Waals surface area contributed by atoms with Crippen LogP contribution in [-0.4, -0.2) is 25.8 Å². The molecule has 0 aliphatic rings. The Morgan fingerprint density at radius 2 is 1.21 bits per heavy atom. The molecule has 0 fully saturated rings. The molecule has 0 spiro atoms. The monoisotopic (exact) mass is 270 g/mol. The highest BCUT2D eigenvalue weighted by Gasteiger charge is 2.11. The molecule has 0 saturated carbocycles. The van der Waals surface area contributed by atoms with Gasteiger partial charge in [-0.25, -0.2) is 0 Å². The van der Waals surface area contributed by atoms with Gasteiger partial charge in [-0.1, -0.05) is 52.7 Å². The largest absolute Gasteiger partial charge is 0.349 e. The van der Waals surface area contributed by atoms with E-state index in [0.29, 0.717) is 13.2 Å². The number of hydrogen-bond donors (Lipinski definition) is 0. The van der Waals surface area contributed by atoms with E-state index in [-0.39, 0.29) is 0 Å². The first-order valence-corrected chi connectivity index (χ1v) is 7.42. The SMILES string of the molecule is C=CC(OCCCCC)OC(C=C)OCCCCC. The van der Waals surface area contributed by atoms with Crippen molar-refractivity contribution in [2.75, 3.05) is 13.2 Å². The maximum atomic E-state index is 5.63. The van der Waals surface area contributed by atoms with Crippen molar-refractivity contribution in [3.05, 3.63) is 25.3 Å². The van der Waals surface area contributed by atoms with Crippen LogP contribution in [-0.2, 0) is 14.2 Å². The second-order valence-corrected chi connectivity index (χ2v) is 4.50. The van der Waals surface area contributed by atoms with Gasteiger partial charge in [0, 0.05) is 0 Å². The lowest BCUT2D eigenvalue weighted by Crippen LogP contribution is -2.24. The summed E-state index contributed by atoms with van der Waals surface area (Å²) in [4.78, 5) is 0. The summed E-state index contributed by atoms with van der Waals surface area (Å²) in [5, 5.41) is 0. The van der Waals surface area contributed by atoms with E-state index in [4.69, 9.17) is 14.2 Å². The fraction of sp³-hybridized carbons (Fsp3) is 0.750. The quantitative estimate of drug-likeness (QED) is 0.265. The molecule has 2 atom stereocenters. The molecular weight excluding hydrogens is 240 g/mol. The van der Waals surface area contributed by atoms with Crippen LogP contribution >= 0.6 is 0 Å². The predicted molar refractivity (Wildman–Crippen MR) is 80.0 cm³/mol. The second kappa shape index (κ2) is 13.8. The fourth-order valence-electron chi connectivity index (χ4n) is 1.56. The van der Waals surface area contributed by atoms with Crippen molar-refractivity contribution in [2.45, 2.75) is 65.0 Å². The summed E-state index contributed by atoms with van der Waals surface area (Å²) in [6.07, 6.45) is 9.23. The lowest BCUT2D eigenvalue weighted by atomic mass is 10.3. The second-order valence-electron chi connectivity index (χ2n) is 4.50. The van der Waals surface area contributed by atoms with Crippen LogP contribution in [0.25, 0.3) is 0 Å². The van der Waals surface area contributed by atoms with Gasteiger partial charge in [0.2, 0.25) is 0 Å². The molecule has 0 aliphatic carbocycles. The van der Waals surface area contributed by atoms with Gasteiger partial charge in [0.1, 0.15) is 0 Å². The summed E-state index contributed by atoms with van der Waals surface area (Å²) in [7, 11) is 0. The van der Waals surface area contributed by atoms with Crippen molar-refractivity contribution in [3.8, 4) is 0 Å². The number of rotatable bonds is 14. The Morgan fingerprint density at radius 1 is 0.789 bits per heavy atom. The van der Waals surface area contributed by atoms with Crippen molar-refractivity contribution < 1.29 is 14.2 Å². The minimum atomic E-state index is -0.425. The Kier molecular flexibility index (Phi) is 13.3. The lowest BCUT2D eigenvalue weighted by molar-refractivity contribution is -0.207. The molecule has 3 nitrogen and oxygen atoms in total. The van der Waals surface area contributed by atoms with E-state index in [1.54, 1.807) is 12.2 Å². The molecule has 0 N–H and O–H groups in total. The summed E-state index contributed by atoms with van der Waals surface area (Å²) in [6, 6.07) is 0. The molecule has 0 bridgehead atoms. The highest BCUT2D eigenvalue weighted by Crippen LogP contribution is 2.07. The molecule has 0 aromatic heterocycles. The van der Waals surface area contributed by atoms with Crippen LogP contribution in [0.3, 0.4) is 0 Å². The van der Waals surface area contributed by atoms with Crippen LogP contribution in [0.5, 0.6) is 0 Å². The van der Waals surface area contributed by atoms with Gasteiger partial charge in [-0.2, -0.15) is 0 Å². The van der Waals surface area contributed by atoms with E-state index in [0.717, 1.165) is 12.8 Å². The van der Waals surface area contributed by atoms with Crippen molar-refractivity contribution in [1.29, 1.82) is 0 Å². The van der Waals surface area contributed by atoms with Crippen molar-refractivity contribution in [1.82, 2.24) is 0 Å². The number of hydrogen-bond acceptors (Lipinski definition) is 3. The molecule has 3 heteroatoms. The van der Waals surface area contributed by atoms with Crippen LogP contribution in [0.15, 0.2) is 25.3 Å². The molecule has 0 aromatic rings. The van der Waals surface area contributed by atoms with E-state index in [2.05, 4.69) is 27.0 Å². The first-order valence-electron chi connectivity index (χ1n) is 7.42. The molecular formula is C16H30O3. The highest BCUT2D eigenvalue weighted by molar-refractivity contribution is 4.78. The zero-order valence-corrected chi connectivity index (χ0v) is 12.6. The Labute approximate surface area is 118 Å². The molecule has 112 valence electrons. The molecule has 0 radical (unpaired) electrons. The Bertz CT molecular complexity index is 194. The molecule has 0 saturated heterocycles. The topological polar surface area (TPSA) is 27.7 Å². The molecule has 0 heterocycles. The third kappa shape index (κ3) is 10.9. The first-order chi connectivity index (χ1) is 9.28. The molecule has 0 aliphatic heterocycles. The third-order valence-electron chi connectivity index (χ3n) is 2.71. The van der Waals surface area contributed by atoms with Crippen molar-refractivity contribution in [3.63, 3.8) is 0 Å². The molecule has 0 aromatic carbocycles. The summed E-state index contributed by atoms with van der Waals surface area (Å²) in [5.41, 5.74) is 0. The summed E-state index contributed by atoms with van der Waals surface area (Å²) >= 11 is 0. The molecule has 0 rings (SSSR count). The van der Waals surface area contributed by atoms with Crippen LogP contribution in [0.2, 0.25) is 0 Å². The zero-order chi connectivity index (χ0) is 14.3. The average molecular weight is 270 g/mol. The standard InChI is InChI=1S/C16H30O3/c1-5-9-11-13-17-15(7-3)19-16(8-4)18-14-12-10-6-2/h7-8,15-16H,3-6,9-14H2,1-2H3. The van der Waals surface area contributed by atoms with Crippen molar-refractivity contribution in [2.24, 2.45) is 0 Å². The van der Waals surface area contributed by atoms with Gasteiger partial charge in [-0.15, -0.1) is 0 Å². The zero-order valence-electron chi connectivity index (χ0n) is 12.6. The molecule has 19 heavy (non-hydrogen) atoms. The smallest absolute Gasteiger partial charge is 0.179 e. The van der Waals surface area contributed by atoms with Gasteiger partial charge in [-0.3, -0.25) is 0 Å². The summed E-state index contributed by atoms with van der Waals surface area (Å²) in [5.74, 6) is 0. The maximum absolute atomic E-state index is 5.63. The Hall–Kier alpha value is -0.640. The molecule has 2 unspecified atom stereocenters. The Balaban J connectivity index is 3.82. The van der Waals surface area contributed by atoms with E-state index in [9.17, 15) is 0 Å². The van der Waals surface area contributed by atoms with Gasteiger partial charge in [0.15, 0.2) is 12.6 Å². The summed E-state index contributed by atoms with van der Waals surface area (Å²) in [6.45, 7) is 13.1. The average Bonchev–Trinajstić information content (AvgIpc) is 2.44. The lowest BCUT2D eigenvalue weighted by Gasteiger charge is -2.20. The minimum absolute atomic E-state index is 0.425. The maximum Gasteiger partial charge on any atom is 0.179 e. The van der Waals surface area contributed by atoms with Crippen LogP contribution in [0, 0.1) is 0 Å². The predicted octanol–water partition coefficient (Wildman–Crippen LogP) is 4.44. The minimum Gasteiger partial charge on any atom is -0.349 e. The summed E-state index contributed by atoms with van der Waals surface area (Å²) < 4.78 is 16.8. The van der Waals surface area contributed by atoms with Gasteiger partial charge >= 0.3 is 0 Å². The number of ether oxygens (including phenoxy) is 3. The van der Waals surface area contributed by atoms with Crippen LogP contribution < -0.4 is 0 Å². The van der Waals surface area contributed by atoms with E-state index < -0.39 is 12.6 Å². The van der Waals surface area contributed by atoms with Crippen molar-refractivity contribution >= 4 is 0 Å². The highest BCUT2D eigenvalue weighted by atomic mass is 16.8. The Morgan fingerprint density at radius 3 is 1.53 bits per heavy atom. The van der Waals surface area contributed by atoms with E-state index >= 15 is 0 Å². The number of unbranched alkanes of at least 4 members (excludes halogenated alkanes) is 4. The molecule has 0 amide bonds. The van der Waals surface area contributed by atoms with E-state index in [1.165, 1.54) is 25.7 Å². The first kappa shape index (κ1) is 18.4. The van der Waals surface area contributed by atoms with E-state index in [1.807, 2.05) is 0 Å². The van der Waals surface area contributed by atoms with Gasteiger partial charge in [0.25, 0.3) is 0 Å². The fourth-order valence-corrected chi connectivity index (χ4v) is 1.56. The van der Waals surface area contributed by atoms with Crippen LogP contribution in [0.4, 0.5) is 0 Å². The normalized spacial score (nSPS) is 14.0.